The summed E-state index contributed by atoms with van der Waals surface area (Å²) in [5.41, 5.74) is 0.460. The highest BCUT2D eigenvalue weighted by Crippen LogP contribution is 2.38. The van der Waals surface area contributed by atoms with Gasteiger partial charge in [-0.1, -0.05) is 6.92 Å². The minimum Gasteiger partial charge on any atom is -0.489 e. The number of fused-ring (bicyclic) bond motifs is 1. The van der Waals surface area contributed by atoms with E-state index in [2.05, 4.69) is 4.98 Å². The van der Waals surface area contributed by atoms with Gasteiger partial charge < -0.3 is 14.2 Å². The van der Waals surface area contributed by atoms with Gasteiger partial charge in [0.25, 0.3) is 5.56 Å². The van der Waals surface area contributed by atoms with Crippen molar-refractivity contribution in [2.75, 3.05) is 18.0 Å². The maximum atomic E-state index is 13.4. The molecule has 0 N–H and O–H groups in total. The van der Waals surface area contributed by atoms with E-state index in [1.165, 1.54) is 16.7 Å². The lowest BCUT2D eigenvalue weighted by Crippen LogP contribution is -2.45. The standard InChI is InChI=1S/C23H20F4N4O2/c1-13-12-31(18-10-21(32)30(2)17-5-4-15(11-28)29-22(17)18)8-7-19(13)33-20-6-3-14(24)9-16(20)23(25,26)27/h3-6,9-10,13,19H,7-8,12H2,1-2H3/t13?,19-/m0/s1. The second kappa shape index (κ2) is 8.39. The number of piperidine rings is 1. The molecule has 2 atom stereocenters. The third-order valence-corrected chi connectivity index (χ3v) is 5.88. The molecule has 1 aromatic carbocycles. The number of halogens is 4. The predicted octanol–water partition coefficient (Wildman–Crippen LogP) is 4.26. The van der Waals surface area contributed by atoms with Crippen molar-refractivity contribution in [2.24, 2.45) is 13.0 Å². The van der Waals surface area contributed by atoms with Crippen LogP contribution >= 0.6 is 0 Å². The quantitative estimate of drug-likeness (QED) is 0.547. The van der Waals surface area contributed by atoms with Crippen molar-refractivity contribution < 1.29 is 22.3 Å². The van der Waals surface area contributed by atoms with Crippen LogP contribution in [-0.4, -0.2) is 28.7 Å². The Morgan fingerprint density at radius 3 is 2.64 bits per heavy atom. The van der Waals surface area contributed by atoms with Crippen LogP contribution in [0.25, 0.3) is 11.0 Å². The molecule has 0 bridgehead atoms. The fourth-order valence-corrected chi connectivity index (χ4v) is 4.12. The normalized spacial score (nSPS) is 18.9. The summed E-state index contributed by atoms with van der Waals surface area (Å²) >= 11 is 0. The maximum absolute atomic E-state index is 13.4. The van der Waals surface area contributed by atoms with E-state index in [0.29, 0.717) is 42.3 Å². The summed E-state index contributed by atoms with van der Waals surface area (Å²) in [6, 6.07) is 9.01. The molecule has 3 heterocycles. The fraction of sp³-hybridized carbons (Fsp3) is 0.348. The number of alkyl halides is 3. The van der Waals surface area contributed by atoms with Crippen LogP contribution < -0.4 is 15.2 Å². The van der Waals surface area contributed by atoms with Crippen molar-refractivity contribution in [3.05, 3.63) is 63.8 Å². The van der Waals surface area contributed by atoms with Crippen LogP contribution in [-0.2, 0) is 13.2 Å². The molecule has 0 radical (unpaired) electrons. The number of aromatic nitrogens is 2. The van der Waals surface area contributed by atoms with Gasteiger partial charge in [0.2, 0.25) is 0 Å². The van der Waals surface area contributed by atoms with Gasteiger partial charge in [0.05, 0.1) is 11.2 Å². The van der Waals surface area contributed by atoms with Crippen molar-refractivity contribution in [3.63, 3.8) is 0 Å². The number of pyridine rings is 2. The highest BCUT2D eigenvalue weighted by molar-refractivity contribution is 5.88. The van der Waals surface area contributed by atoms with Crippen LogP contribution in [0.5, 0.6) is 5.75 Å². The molecule has 1 fully saturated rings. The molecule has 1 aliphatic heterocycles. The van der Waals surface area contributed by atoms with Gasteiger partial charge in [0.1, 0.15) is 40.5 Å². The van der Waals surface area contributed by atoms with Gasteiger partial charge in [0, 0.05) is 38.5 Å². The maximum Gasteiger partial charge on any atom is 0.420 e. The molecule has 3 aromatic rings. The third-order valence-electron chi connectivity index (χ3n) is 5.88. The number of benzene rings is 1. The smallest absolute Gasteiger partial charge is 0.420 e. The Morgan fingerprint density at radius 2 is 1.97 bits per heavy atom. The third kappa shape index (κ3) is 4.35. The number of nitrogens with zero attached hydrogens (tertiary/aromatic N) is 4. The van der Waals surface area contributed by atoms with Crippen molar-refractivity contribution in [3.8, 4) is 11.8 Å². The van der Waals surface area contributed by atoms with E-state index in [-0.39, 0.29) is 17.2 Å². The summed E-state index contributed by atoms with van der Waals surface area (Å²) < 4.78 is 60.5. The number of rotatable bonds is 3. The van der Waals surface area contributed by atoms with Gasteiger partial charge in [-0.05, 0) is 30.3 Å². The Bertz CT molecular complexity index is 1310. The minimum absolute atomic E-state index is 0.205. The lowest BCUT2D eigenvalue weighted by Gasteiger charge is -2.38. The number of ether oxygens (including phenoxy) is 1. The molecule has 0 saturated carbocycles. The summed E-state index contributed by atoms with van der Waals surface area (Å²) in [6.07, 6.45) is -4.90. The van der Waals surface area contributed by atoms with E-state index in [1.54, 1.807) is 13.1 Å². The first-order chi connectivity index (χ1) is 15.6. The zero-order valence-corrected chi connectivity index (χ0v) is 17.9. The monoisotopic (exact) mass is 460 g/mol. The van der Waals surface area contributed by atoms with E-state index >= 15 is 0 Å². The number of anilines is 1. The first-order valence-corrected chi connectivity index (χ1v) is 10.3. The molecule has 172 valence electrons. The molecular weight excluding hydrogens is 440 g/mol. The van der Waals surface area contributed by atoms with E-state index in [1.807, 2.05) is 17.9 Å². The summed E-state index contributed by atoms with van der Waals surface area (Å²) in [5, 5.41) is 9.22. The average molecular weight is 460 g/mol. The lowest BCUT2D eigenvalue weighted by molar-refractivity contribution is -0.139. The Labute approximate surface area is 186 Å². The number of hydrogen-bond donors (Lipinski definition) is 0. The van der Waals surface area contributed by atoms with Crippen molar-refractivity contribution in [1.82, 2.24) is 9.55 Å². The highest BCUT2D eigenvalue weighted by Gasteiger charge is 2.37. The summed E-state index contributed by atoms with van der Waals surface area (Å²) in [7, 11) is 1.62. The van der Waals surface area contributed by atoms with Crippen LogP contribution in [0.2, 0.25) is 0 Å². The second-order valence-corrected chi connectivity index (χ2v) is 8.11. The van der Waals surface area contributed by atoms with Gasteiger partial charge in [-0.25, -0.2) is 9.37 Å². The van der Waals surface area contributed by atoms with Gasteiger partial charge in [-0.2, -0.15) is 18.4 Å². The molecule has 0 amide bonds. The van der Waals surface area contributed by atoms with E-state index < -0.39 is 29.4 Å². The molecule has 33 heavy (non-hydrogen) atoms. The molecule has 10 heteroatoms. The Hall–Kier alpha value is -3.61. The average Bonchev–Trinajstić information content (AvgIpc) is 2.77. The predicted molar refractivity (Wildman–Crippen MR) is 114 cm³/mol. The van der Waals surface area contributed by atoms with E-state index in [9.17, 15) is 27.6 Å². The van der Waals surface area contributed by atoms with Crippen LogP contribution in [0.3, 0.4) is 0 Å². The number of nitriles is 1. The zero-order chi connectivity index (χ0) is 23.9. The minimum atomic E-state index is -4.74. The Balaban J connectivity index is 1.62. The lowest BCUT2D eigenvalue weighted by atomic mass is 9.95. The Kier molecular flexibility index (Phi) is 5.74. The molecular formula is C23H20F4N4O2. The summed E-state index contributed by atoms with van der Waals surface area (Å²) in [4.78, 5) is 18.8. The second-order valence-electron chi connectivity index (χ2n) is 8.11. The first-order valence-electron chi connectivity index (χ1n) is 10.3. The van der Waals surface area contributed by atoms with E-state index in [4.69, 9.17) is 4.74 Å². The molecule has 6 nitrogen and oxygen atoms in total. The molecule has 4 rings (SSSR count). The van der Waals surface area contributed by atoms with Crippen molar-refractivity contribution in [1.29, 1.82) is 5.26 Å². The highest BCUT2D eigenvalue weighted by atomic mass is 19.4. The van der Waals surface area contributed by atoms with Crippen LogP contribution in [0.15, 0.2) is 41.2 Å². The van der Waals surface area contributed by atoms with Crippen molar-refractivity contribution >= 4 is 16.7 Å². The van der Waals surface area contributed by atoms with E-state index in [0.717, 1.165) is 12.1 Å². The first kappa shape index (κ1) is 22.6. The SMILES string of the molecule is CC1CN(c2cc(=O)n(C)c3ccc(C#N)nc23)CC[C@@H]1Oc1ccc(F)cc1C(F)(F)F. The summed E-state index contributed by atoms with van der Waals surface area (Å²) in [6.45, 7) is 2.64. The molecule has 0 spiro atoms. The number of hydrogen-bond acceptors (Lipinski definition) is 5. The van der Waals surface area contributed by atoms with Gasteiger partial charge in [-0.15, -0.1) is 0 Å². The van der Waals surface area contributed by atoms with Crippen LogP contribution in [0.1, 0.15) is 24.6 Å². The number of aryl methyl sites for hydroxylation is 1. The van der Waals surface area contributed by atoms with Crippen LogP contribution in [0, 0.1) is 23.1 Å². The van der Waals surface area contributed by atoms with Gasteiger partial charge in [-0.3, -0.25) is 4.79 Å². The molecule has 2 aromatic heterocycles. The molecule has 1 aliphatic rings. The molecule has 1 saturated heterocycles. The van der Waals surface area contributed by atoms with Crippen LogP contribution in [0.4, 0.5) is 23.2 Å². The Morgan fingerprint density at radius 1 is 1.21 bits per heavy atom. The summed E-state index contributed by atoms with van der Waals surface area (Å²) in [5.74, 6) is -1.60. The molecule has 1 unspecified atom stereocenters. The van der Waals surface area contributed by atoms with Crippen molar-refractivity contribution in [2.45, 2.75) is 25.6 Å². The fourth-order valence-electron chi connectivity index (χ4n) is 4.12. The van der Waals surface area contributed by atoms with Gasteiger partial charge in [0.15, 0.2) is 0 Å². The molecule has 0 aliphatic carbocycles. The van der Waals surface area contributed by atoms with Gasteiger partial charge >= 0.3 is 6.18 Å². The topological polar surface area (TPSA) is 71.2 Å². The zero-order valence-electron chi connectivity index (χ0n) is 17.9. The largest absolute Gasteiger partial charge is 0.489 e.